The standard InChI is InChI=1S/C35H69NO5/c1-3-5-7-9-11-12-13-14-15-16-17-18-19-20-21-23-25-27-29-33(39)35(41)36-31(30-37)34(40)32(38)28-26-24-22-10-8-6-4-2/h10,22,31-34,37-40H,3-9,11-21,23-30H2,1-2H3,(H,36,41)/b22-10+. The Morgan fingerprint density at radius 3 is 1.44 bits per heavy atom. The van der Waals surface area contributed by atoms with Gasteiger partial charge in [-0.3, -0.25) is 4.79 Å². The number of unbranched alkanes of at least 4 members (excludes halogenated alkanes) is 20. The molecule has 6 heteroatoms. The van der Waals surface area contributed by atoms with Crippen LogP contribution in [0.4, 0.5) is 0 Å². The lowest BCUT2D eigenvalue weighted by Crippen LogP contribution is -2.53. The highest BCUT2D eigenvalue weighted by atomic mass is 16.3. The second-order valence-electron chi connectivity index (χ2n) is 12.2. The third kappa shape index (κ3) is 25.3. The van der Waals surface area contributed by atoms with Crippen LogP contribution in [0.1, 0.15) is 174 Å². The second-order valence-corrected chi connectivity index (χ2v) is 12.2. The van der Waals surface area contributed by atoms with E-state index in [1.807, 2.05) is 0 Å². The summed E-state index contributed by atoms with van der Waals surface area (Å²) in [4.78, 5) is 12.4. The molecule has 1 amide bonds. The van der Waals surface area contributed by atoms with Gasteiger partial charge in [-0.15, -0.1) is 0 Å². The second kappa shape index (κ2) is 30.5. The Balaban J connectivity index is 3.74. The van der Waals surface area contributed by atoms with Gasteiger partial charge in [-0.25, -0.2) is 0 Å². The highest BCUT2D eigenvalue weighted by Crippen LogP contribution is 2.15. The van der Waals surface area contributed by atoms with Crippen molar-refractivity contribution in [2.24, 2.45) is 0 Å². The molecule has 0 saturated heterocycles. The van der Waals surface area contributed by atoms with Gasteiger partial charge in [0.1, 0.15) is 12.2 Å². The predicted molar refractivity (Wildman–Crippen MR) is 173 cm³/mol. The van der Waals surface area contributed by atoms with E-state index >= 15 is 0 Å². The smallest absolute Gasteiger partial charge is 0.249 e. The van der Waals surface area contributed by atoms with Gasteiger partial charge in [0, 0.05) is 0 Å². The van der Waals surface area contributed by atoms with Gasteiger partial charge in [0.05, 0.1) is 18.8 Å². The SMILES string of the molecule is CCCC/C=C/CCCC(O)C(O)C(CO)NC(=O)C(O)CCCCCCCCCCCCCCCCCCCC. The first kappa shape index (κ1) is 40.1. The number of hydrogen-bond donors (Lipinski definition) is 5. The molecule has 0 rings (SSSR count). The molecule has 0 spiro atoms. The van der Waals surface area contributed by atoms with E-state index in [2.05, 4.69) is 31.3 Å². The lowest BCUT2D eigenvalue weighted by molar-refractivity contribution is -0.132. The third-order valence-electron chi connectivity index (χ3n) is 8.23. The van der Waals surface area contributed by atoms with Gasteiger partial charge in [-0.05, 0) is 32.1 Å². The molecular weight excluding hydrogens is 514 g/mol. The zero-order valence-corrected chi connectivity index (χ0v) is 27.0. The normalized spacial score (nSPS) is 14.8. The van der Waals surface area contributed by atoms with E-state index in [9.17, 15) is 25.2 Å². The van der Waals surface area contributed by atoms with Gasteiger partial charge in [-0.1, -0.05) is 154 Å². The van der Waals surface area contributed by atoms with Crippen LogP contribution in [0.25, 0.3) is 0 Å². The number of hydrogen-bond acceptors (Lipinski definition) is 5. The van der Waals surface area contributed by atoms with Crippen molar-refractivity contribution in [3.8, 4) is 0 Å². The van der Waals surface area contributed by atoms with Crippen molar-refractivity contribution in [3.63, 3.8) is 0 Å². The van der Waals surface area contributed by atoms with Crippen LogP contribution in [0.2, 0.25) is 0 Å². The van der Waals surface area contributed by atoms with Crippen LogP contribution in [0.5, 0.6) is 0 Å². The molecule has 0 aromatic carbocycles. The maximum Gasteiger partial charge on any atom is 0.249 e. The Bertz CT molecular complexity index is 585. The van der Waals surface area contributed by atoms with Crippen molar-refractivity contribution >= 4 is 5.91 Å². The molecule has 0 aliphatic rings. The maximum atomic E-state index is 12.4. The van der Waals surface area contributed by atoms with E-state index in [1.54, 1.807) is 0 Å². The summed E-state index contributed by atoms with van der Waals surface area (Å²) in [7, 11) is 0. The first-order valence-electron chi connectivity index (χ1n) is 17.6. The average Bonchev–Trinajstić information content (AvgIpc) is 2.98. The molecule has 244 valence electrons. The van der Waals surface area contributed by atoms with Crippen molar-refractivity contribution in [1.29, 1.82) is 0 Å². The van der Waals surface area contributed by atoms with E-state index in [4.69, 9.17) is 0 Å². The summed E-state index contributed by atoms with van der Waals surface area (Å²) in [6, 6.07) is -0.993. The quantitative estimate of drug-likeness (QED) is 0.0421. The van der Waals surface area contributed by atoms with Gasteiger partial charge in [0.2, 0.25) is 5.91 Å². The Morgan fingerprint density at radius 1 is 0.585 bits per heavy atom. The zero-order chi connectivity index (χ0) is 30.4. The van der Waals surface area contributed by atoms with Gasteiger partial charge in [0.25, 0.3) is 0 Å². The zero-order valence-electron chi connectivity index (χ0n) is 27.0. The van der Waals surface area contributed by atoms with Crippen molar-refractivity contribution in [2.75, 3.05) is 6.61 Å². The molecule has 0 heterocycles. The summed E-state index contributed by atoms with van der Waals surface area (Å²) < 4.78 is 0. The van der Waals surface area contributed by atoms with Crippen LogP contribution < -0.4 is 5.32 Å². The number of aliphatic hydroxyl groups excluding tert-OH is 4. The molecule has 4 atom stereocenters. The van der Waals surface area contributed by atoms with Crippen LogP contribution >= 0.6 is 0 Å². The van der Waals surface area contributed by atoms with E-state index < -0.39 is 36.9 Å². The van der Waals surface area contributed by atoms with Crippen LogP contribution in [-0.4, -0.2) is 57.3 Å². The average molecular weight is 584 g/mol. The third-order valence-corrected chi connectivity index (χ3v) is 8.23. The molecule has 5 N–H and O–H groups in total. The summed E-state index contributed by atoms with van der Waals surface area (Å²) in [5, 5.41) is 43.1. The molecule has 0 aromatic heterocycles. The van der Waals surface area contributed by atoms with E-state index in [1.165, 1.54) is 103 Å². The molecule has 0 aromatic rings. The molecular formula is C35H69NO5. The lowest BCUT2D eigenvalue weighted by Gasteiger charge is -2.27. The molecule has 6 nitrogen and oxygen atoms in total. The van der Waals surface area contributed by atoms with Crippen molar-refractivity contribution in [1.82, 2.24) is 5.32 Å². The number of rotatable bonds is 31. The van der Waals surface area contributed by atoms with Gasteiger partial charge < -0.3 is 25.7 Å². The summed E-state index contributed by atoms with van der Waals surface area (Å²) in [5.74, 6) is -0.596. The minimum Gasteiger partial charge on any atom is -0.394 e. The highest BCUT2D eigenvalue weighted by molar-refractivity contribution is 5.80. The fourth-order valence-electron chi connectivity index (χ4n) is 5.33. The fraction of sp³-hybridized carbons (Fsp3) is 0.914. The summed E-state index contributed by atoms with van der Waals surface area (Å²) in [6.07, 6.45) is 29.7. The van der Waals surface area contributed by atoms with Crippen LogP contribution in [0.3, 0.4) is 0 Å². The number of carbonyl (C=O) groups excluding carboxylic acids is 1. The van der Waals surface area contributed by atoms with E-state index in [0.29, 0.717) is 12.8 Å². The number of allylic oxidation sites excluding steroid dienone is 2. The summed E-state index contributed by atoms with van der Waals surface area (Å²) in [6.45, 7) is 3.93. The Morgan fingerprint density at radius 2 is 1.00 bits per heavy atom. The monoisotopic (exact) mass is 584 g/mol. The van der Waals surface area contributed by atoms with Crippen LogP contribution in [0.15, 0.2) is 12.2 Å². The largest absolute Gasteiger partial charge is 0.394 e. The fourth-order valence-corrected chi connectivity index (χ4v) is 5.33. The molecule has 0 aliphatic carbocycles. The van der Waals surface area contributed by atoms with Crippen molar-refractivity contribution < 1.29 is 25.2 Å². The maximum absolute atomic E-state index is 12.4. The topological polar surface area (TPSA) is 110 Å². The summed E-state index contributed by atoms with van der Waals surface area (Å²) >= 11 is 0. The lowest BCUT2D eigenvalue weighted by atomic mass is 10.00. The Hall–Kier alpha value is -0.950. The van der Waals surface area contributed by atoms with E-state index in [-0.39, 0.29) is 0 Å². The number of nitrogens with one attached hydrogen (secondary N) is 1. The molecule has 4 unspecified atom stereocenters. The molecule has 0 radical (unpaired) electrons. The Labute approximate surface area is 253 Å². The van der Waals surface area contributed by atoms with Gasteiger partial charge in [0.15, 0.2) is 0 Å². The van der Waals surface area contributed by atoms with Crippen molar-refractivity contribution in [3.05, 3.63) is 12.2 Å². The number of aliphatic hydroxyl groups is 4. The first-order valence-corrected chi connectivity index (χ1v) is 17.6. The van der Waals surface area contributed by atoms with Gasteiger partial charge >= 0.3 is 0 Å². The Kier molecular flexibility index (Phi) is 29.8. The predicted octanol–water partition coefficient (Wildman–Crippen LogP) is 7.89. The van der Waals surface area contributed by atoms with E-state index in [0.717, 1.165) is 44.9 Å². The minimum atomic E-state index is -1.27. The number of amides is 1. The number of carbonyl (C=O) groups is 1. The molecule has 0 bridgehead atoms. The van der Waals surface area contributed by atoms with Crippen molar-refractivity contribution in [2.45, 2.75) is 199 Å². The highest BCUT2D eigenvalue weighted by Gasteiger charge is 2.28. The summed E-state index contributed by atoms with van der Waals surface area (Å²) in [5.41, 5.74) is 0. The molecule has 0 saturated carbocycles. The molecule has 0 aliphatic heterocycles. The van der Waals surface area contributed by atoms with Crippen LogP contribution in [0, 0.1) is 0 Å². The van der Waals surface area contributed by atoms with Gasteiger partial charge in [-0.2, -0.15) is 0 Å². The molecule has 0 fully saturated rings. The minimum absolute atomic E-state index is 0.367. The first-order chi connectivity index (χ1) is 20.0. The molecule has 41 heavy (non-hydrogen) atoms. The van der Waals surface area contributed by atoms with Crippen LogP contribution in [-0.2, 0) is 4.79 Å².